The molecule has 4 heteroatoms. The van der Waals surface area contributed by atoms with Crippen LogP contribution in [0.5, 0.6) is 0 Å². The normalized spacial score (nSPS) is 10.7. The highest BCUT2D eigenvalue weighted by atomic mass is 15.2. The van der Waals surface area contributed by atoms with Crippen molar-refractivity contribution in [2.45, 2.75) is 13.5 Å². The van der Waals surface area contributed by atoms with Gasteiger partial charge >= 0.3 is 0 Å². The zero-order chi connectivity index (χ0) is 13.8. The van der Waals surface area contributed by atoms with Gasteiger partial charge in [0.1, 0.15) is 12.1 Å². The molecule has 2 heterocycles. The summed E-state index contributed by atoms with van der Waals surface area (Å²) in [6.07, 6.45) is 3.34. The lowest BCUT2D eigenvalue weighted by Crippen LogP contribution is -2.23. The van der Waals surface area contributed by atoms with E-state index >= 15 is 0 Å². The van der Waals surface area contributed by atoms with Crippen LogP contribution < -0.4 is 4.90 Å². The smallest absolute Gasteiger partial charge is 0.164 e. The van der Waals surface area contributed by atoms with Crippen LogP contribution in [0.15, 0.2) is 55.0 Å². The van der Waals surface area contributed by atoms with Crippen LogP contribution >= 0.6 is 0 Å². The summed E-state index contributed by atoms with van der Waals surface area (Å²) in [6, 6.07) is 14.3. The number of pyridine rings is 1. The minimum Gasteiger partial charge on any atom is -0.352 e. The molecule has 0 saturated carbocycles. The molecule has 4 nitrogen and oxygen atoms in total. The molecule has 0 aliphatic rings. The van der Waals surface area contributed by atoms with E-state index in [1.54, 1.807) is 12.5 Å². The van der Waals surface area contributed by atoms with E-state index in [4.69, 9.17) is 0 Å². The quantitative estimate of drug-likeness (QED) is 0.726. The van der Waals surface area contributed by atoms with E-state index in [-0.39, 0.29) is 0 Å². The summed E-state index contributed by atoms with van der Waals surface area (Å²) in [5.41, 5.74) is 2.01. The third kappa shape index (κ3) is 2.45. The number of hydrogen-bond acceptors (Lipinski definition) is 4. The van der Waals surface area contributed by atoms with Gasteiger partial charge in [-0.15, -0.1) is 0 Å². The summed E-state index contributed by atoms with van der Waals surface area (Å²) in [5.74, 6) is 0.939. The van der Waals surface area contributed by atoms with E-state index in [2.05, 4.69) is 51.0 Å². The third-order valence-corrected chi connectivity index (χ3v) is 3.29. The first-order chi connectivity index (χ1) is 9.88. The number of benzene rings is 1. The molecule has 3 rings (SSSR count). The highest BCUT2D eigenvalue weighted by Crippen LogP contribution is 2.22. The fourth-order valence-electron chi connectivity index (χ4n) is 2.27. The van der Waals surface area contributed by atoms with Crippen molar-refractivity contribution in [3.63, 3.8) is 0 Å². The van der Waals surface area contributed by atoms with Gasteiger partial charge in [-0.3, -0.25) is 0 Å². The molecule has 0 aliphatic heterocycles. The summed E-state index contributed by atoms with van der Waals surface area (Å²) >= 11 is 0. The first-order valence-corrected chi connectivity index (χ1v) is 6.73. The van der Waals surface area contributed by atoms with Gasteiger partial charge in [-0.1, -0.05) is 30.3 Å². The SMILES string of the molecule is CCN(Cc1ccccc1)c1ncnc2ncccc12. The molecule has 2 aromatic heterocycles. The van der Waals surface area contributed by atoms with Crippen LogP contribution in [-0.4, -0.2) is 21.5 Å². The van der Waals surface area contributed by atoms with Gasteiger partial charge in [-0.05, 0) is 24.6 Å². The van der Waals surface area contributed by atoms with Crippen LogP contribution in [-0.2, 0) is 6.54 Å². The van der Waals surface area contributed by atoms with E-state index in [9.17, 15) is 0 Å². The average molecular weight is 264 g/mol. The molecule has 0 radical (unpaired) electrons. The second-order valence-corrected chi connectivity index (χ2v) is 4.57. The van der Waals surface area contributed by atoms with Crippen LogP contribution in [0.3, 0.4) is 0 Å². The molecule has 0 fully saturated rings. The van der Waals surface area contributed by atoms with Crippen LogP contribution in [0.25, 0.3) is 11.0 Å². The maximum atomic E-state index is 4.45. The number of anilines is 1. The summed E-state index contributed by atoms with van der Waals surface area (Å²) in [5, 5.41) is 0.993. The van der Waals surface area contributed by atoms with Crippen LogP contribution in [0.4, 0.5) is 5.82 Å². The summed E-state index contributed by atoms with van der Waals surface area (Å²) in [7, 11) is 0. The van der Waals surface area contributed by atoms with E-state index in [1.165, 1.54) is 5.56 Å². The van der Waals surface area contributed by atoms with E-state index in [0.717, 1.165) is 29.9 Å². The molecule has 20 heavy (non-hydrogen) atoms. The van der Waals surface area contributed by atoms with Crippen molar-refractivity contribution in [1.29, 1.82) is 0 Å². The van der Waals surface area contributed by atoms with Gasteiger partial charge in [-0.2, -0.15) is 0 Å². The molecule has 3 aromatic rings. The Morgan fingerprint density at radius 3 is 2.60 bits per heavy atom. The maximum absolute atomic E-state index is 4.45. The second kappa shape index (κ2) is 5.65. The number of rotatable bonds is 4. The average Bonchev–Trinajstić information content (AvgIpc) is 2.53. The Hall–Kier alpha value is -2.49. The lowest BCUT2D eigenvalue weighted by molar-refractivity contribution is 0.816. The summed E-state index contributed by atoms with van der Waals surface area (Å²) in [6.45, 7) is 3.85. The molecule has 0 aliphatic carbocycles. The third-order valence-electron chi connectivity index (χ3n) is 3.29. The number of aromatic nitrogens is 3. The van der Waals surface area contributed by atoms with Crippen molar-refractivity contribution < 1.29 is 0 Å². The fraction of sp³-hybridized carbons (Fsp3) is 0.188. The molecule has 100 valence electrons. The molecule has 0 unspecified atom stereocenters. The lowest BCUT2D eigenvalue weighted by Gasteiger charge is -2.23. The predicted octanol–water partition coefficient (Wildman–Crippen LogP) is 3.05. The van der Waals surface area contributed by atoms with Gasteiger partial charge in [0.15, 0.2) is 5.65 Å². The van der Waals surface area contributed by atoms with Crippen LogP contribution in [0.2, 0.25) is 0 Å². The van der Waals surface area contributed by atoms with Crippen LogP contribution in [0.1, 0.15) is 12.5 Å². The highest BCUT2D eigenvalue weighted by Gasteiger charge is 2.11. The van der Waals surface area contributed by atoms with Crippen molar-refractivity contribution in [1.82, 2.24) is 15.0 Å². The fourth-order valence-corrected chi connectivity index (χ4v) is 2.27. The van der Waals surface area contributed by atoms with Gasteiger partial charge in [0, 0.05) is 19.3 Å². The van der Waals surface area contributed by atoms with Crippen molar-refractivity contribution in [3.05, 3.63) is 60.6 Å². The minimum atomic E-state index is 0.740. The molecular weight excluding hydrogens is 248 g/mol. The van der Waals surface area contributed by atoms with Crippen molar-refractivity contribution in [2.24, 2.45) is 0 Å². The molecule has 0 spiro atoms. The first kappa shape index (κ1) is 12.5. The summed E-state index contributed by atoms with van der Waals surface area (Å²) in [4.78, 5) is 15.2. The van der Waals surface area contributed by atoms with Gasteiger partial charge in [0.25, 0.3) is 0 Å². The zero-order valence-electron chi connectivity index (χ0n) is 11.4. The minimum absolute atomic E-state index is 0.740. The topological polar surface area (TPSA) is 41.9 Å². The van der Waals surface area contributed by atoms with Crippen molar-refractivity contribution in [3.8, 4) is 0 Å². The van der Waals surface area contributed by atoms with Crippen molar-refractivity contribution in [2.75, 3.05) is 11.4 Å². The Bertz CT molecular complexity index is 692. The van der Waals surface area contributed by atoms with Crippen LogP contribution in [0, 0.1) is 0 Å². The Morgan fingerprint density at radius 1 is 0.950 bits per heavy atom. The van der Waals surface area contributed by atoms with Gasteiger partial charge in [-0.25, -0.2) is 15.0 Å². The van der Waals surface area contributed by atoms with Gasteiger partial charge in [0.05, 0.1) is 5.39 Å². The van der Waals surface area contributed by atoms with E-state index < -0.39 is 0 Å². The Balaban J connectivity index is 1.99. The largest absolute Gasteiger partial charge is 0.352 e. The van der Waals surface area contributed by atoms with Gasteiger partial charge in [0.2, 0.25) is 0 Å². The van der Waals surface area contributed by atoms with E-state index in [0.29, 0.717) is 0 Å². The zero-order valence-corrected chi connectivity index (χ0v) is 11.4. The van der Waals surface area contributed by atoms with Crippen molar-refractivity contribution >= 4 is 16.9 Å². The molecule has 0 N–H and O–H groups in total. The molecule has 0 saturated heterocycles. The Labute approximate surface area is 118 Å². The predicted molar refractivity (Wildman–Crippen MR) is 80.5 cm³/mol. The van der Waals surface area contributed by atoms with E-state index in [1.807, 2.05) is 18.2 Å². The Kier molecular flexibility index (Phi) is 3.54. The number of hydrogen-bond donors (Lipinski definition) is 0. The summed E-state index contributed by atoms with van der Waals surface area (Å²) < 4.78 is 0. The lowest BCUT2D eigenvalue weighted by atomic mass is 10.2. The molecule has 0 atom stereocenters. The number of fused-ring (bicyclic) bond motifs is 1. The first-order valence-electron chi connectivity index (χ1n) is 6.73. The van der Waals surface area contributed by atoms with Gasteiger partial charge < -0.3 is 4.90 Å². The molecular formula is C16H16N4. The Morgan fingerprint density at radius 2 is 1.80 bits per heavy atom. The highest BCUT2D eigenvalue weighted by molar-refractivity contribution is 5.86. The monoisotopic (exact) mass is 264 g/mol. The molecule has 0 amide bonds. The molecule has 1 aromatic carbocycles. The number of nitrogens with zero attached hydrogens (tertiary/aromatic N) is 4. The molecule has 0 bridgehead atoms. The maximum Gasteiger partial charge on any atom is 0.164 e. The second-order valence-electron chi connectivity index (χ2n) is 4.57. The standard InChI is InChI=1S/C16H16N4/c1-2-20(11-13-7-4-3-5-8-13)16-14-9-6-10-17-15(14)18-12-19-16/h3-10,12H,2,11H2,1H3.